The summed E-state index contributed by atoms with van der Waals surface area (Å²) in [5.74, 6) is 1.65. The molecule has 0 N–H and O–H groups in total. The maximum Gasteiger partial charge on any atom is 0.238 e. The summed E-state index contributed by atoms with van der Waals surface area (Å²) in [7, 11) is 0. The van der Waals surface area contributed by atoms with E-state index < -0.39 is 5.60 Å². The third-order valence-corrected chi connectivity index (χ3v) is 4.15. The molecule has 0 aliphatic carbocycles. The van der Waals surface area contributed by atoms with Gasteiger partial charge < -0.3 is 9.47 Å². The predicted molar refractivity (Wildman–Crippen MR) is 102 cm³/mol. The number of nitriles is 1. The van der Waals surface area contributed by atoms with Gasteiger partial charge >= 0.3 is 0 Å². The Hall–Kier alpha value is -3.65. The maximum atomic E-state index is 9.18. The fourth-order valence-corrected chi connectivity index (χ4v) is 2.92. The minimum absolute atomic E-state index is 0.381. The zero-order valence-corrected chi connectivity index (χ0v) is 15.0. The van der Waals surface area contributed by atoms with E-state index >= 15 is 0 Å². The van der Waals surface area contributed by atoms with Crippen LogP contribution in [0.25, 0.3) is 17.0 Å². The van der Waals surface area contributed by atoms with Crippen LogP contribution in [0.5, 0.6) is 11.6 Å². The normalized spacial score (nSPS) is 14.3. The van der Waals surface area contributed by atoms with E-state index in [2.05, 4.69) is 16.3 Å². The molecule has 0 fully saturated rings. The highest BCUT2D eigenvalue weighted by Gasteiger charge is 2.28. The van der Waals surface area contributed by atoms with Crippen LogP contribution in [0.4, 0.5) is 0 Å². The Labute approximate surface area is 157 Å². The van der Waals surface area contributed by atoms with Crippen LogP contribution < -0.4 is 9.47 Å². The van der Waals surface area contributed by atoms with Gasteiger partial charge in [0.25, 0.3) is 0 Å². The van der Waals surface area contributed by atoms with Gasteiger partial charge in [0.15, 0.2) is 0 Å². The number of nitrogens with zero attached hydrogens (tertiary/aromatic N) is 3. The second-order valence-corrected chi connectivity index (χ2v) is 6.76. The van der Waals surface area contributed by atoms with Gasteiger partial charge in [0.05, 0.1) is 22.9 Å². The van der Waals surface area contributed by atoms with E-state index in [9.17, 15) is 5.26 Å². The third kappa shape index (κ3) is 3.51. The van der Waals surface area contributed by atoms with Crippen molar-refractivity contribution in [3.05, 3.63) is 77.9 Å². The highest BCUT2D eigenvalue weighted by molar-refractivity contribution is 5.71. The molecule has 2 aromatic carbocycles. The molecule has 2 heterocycles. The molecule has 1 aliphatic heterocycles. The fraction of sp³-hybridized carbons (Fsp3) is 0.136. The van der Waals surface area contributed by atoms with Crippen molar-refractivity contribution >= 4 is 5.76 Å². The standard InChI is InChI=1S/C22H17N3O2/c1-22(2)13-20(17-12-15(14-23)8-10-19(17)27-22)26-21-11-9-18(24-25-21)16-6-4-3-5-7-16/h3-13H,1-2H3. The Morgan fingerprint density at radius 2 is 1.81 bits per heavy atom. The van der Waals surface area contributed by atoms with E-state index in [4.69, 9.17) is 9.47 Å². The molecule has 1 aromatic heterocycles. The van der Waals surface area contributed by atoms with Crippen LogP contribution in [0.3, 0.4) is 0 Å². The molecular formula is C22H17N3O2. The van der Waals surface area contributed by atoms with Crippen molar-refractivity contribution in [3.63, 3.8) is 0 Å². The lowest BCUT2D eigenvalue weighted by atomic mass is 9.99. The summed E-state index contributed by atoms with van der Waals surface area (Å²) in [4.78, 5) is 0. The Kier molecular flexibility index (Phi) is 4.09. The number of aromatic nitrogens is 2. The lowest BCUT2D eigenvalue weighted by molar-refractivity contribution is 0.154. The van der Waals surface area contributed by atoms with Gasteiger partial charge in [-0.15, -0.1) is 10.2 Å². The average molecular weight is 355 g/mol. The molecule has 0 saturated carbocycles. The molecule has 5 heteroatoms. The van der Waals surface area contributed by atoms with Crippen LogP contribution in [0.1, 0.15) is 25.0 Å². The highest BCUT2D eigenvalue weighted by atomic mass is 16.5. The minimum Gasteiger partial charge on any atom is -0.483 e. The lowest BCUT2D eigenvalue weighted by Gasteiger charge is -2.30. The van der Waals surface area contributed by atoms with Crippen molar-refractivity contribution in [2.45, 2.75) is 19.4 Å². The van der Waals surface area contributed by atoms with E-state index in [1.165, 1.54) is 0 Å². The topological polar surface area (TPSA) is 68.0 Å². The maximum absolute atomic E-state index is 9.18. The van der Waals surface area contributed by atoms with Crippen molar-refractivity contribution in [2.24, 2.45) is 0 Å². The van der Waals surface area contributed by atoms with Crippen LogP contribution in [0.15, 0.2) is 66.7 Å². The summed E-state index contributed by atoms with van der Waals surface area (Å²) in [6.07, 6.45) is 1.88. The molecule has 4 rings (SSSR count). The first kappa shape index (κ1) is 16.8. The summed E-state index contributed by atoms with van der Waals surface area (Å²) < 4.78 is 12.0. The summed E-state index contributed by atoms with van der Waals surface area (Å²) in [6.45, 7) is 3.89. The van der Waals surface area contributed by atoms with E-state index in [0.717, 1.165) is 16.8 Å². The zero-order valence-electron chi connectivity index (χ0n) is 15.0. The van der Waals surface area contributed by atoms with Gasteiger partial charge in [0, 0.05) is 17.7 Å². The number of hydrogen-bond donors (Lipinski definition) is 0. The zero-order chi connectivity index (χ0) is 18.9. The van der Waals surface area contributed by atoms with Gasteiger partial charge in [0.2, 0.25) is 5.88 Å². The van der Waals surface area contributed by atoms with Crippen LogP contribution in [0, 0.1) is 11.3 Å². The molecule has 0 atom stereocenters. The first-order chi connectivity index (χ1) is 13.0. The predicted octanol–water partition coefficient (Wildman–Crippen LogP) is 4.61. The second-order valence-electron chi connectivity index (χ2n) is 6.76. The number of fused-ring (bicyclic) bond motifs is 1. The van der Waals surface area contributed by atoms with Crippen molar-refractivity contribution in [1.82, 2.24) is 10.2 Å². The van der Waals surface area contributed by atoms with E-state index in [0.29, 0.717) is 23.0 Å². The Morgan fingerprint density at radius 1 is 1.00 bits per heavy atom. The largest absolute Gasteiger partial charge is 0.483 e. The van der Waals surface area contributed by atoms with E-state index in [-0.39, 0.29) is 0 Å². The van der Waals surface area contributed by atoms with Crippen molar-refractivity contribution in [2.75, 3.05) is 0 Å². The first-order valence-electron chi connectivity index (χ1n) is 8.57. The van der Waals surface area contributed by atoms with Crippen molar-refractivity contribution in [1.29, 1.82) is 5.26 Å². The lowest BCUT2D eigenvalue weighted by Crippen LogP contribution is -2.30. The number of benzene rings is 2. The van der Waals surface area contributed by atoms with Crippen LogP contribution in [-0.4, -0.2) is 15.8 Å². The molecular weight excluding hydrogens is 338 g/mol. The van der Waals surface area contributed by atoms with Crippen LogP contribution in [-0.2, 0) is 0 Å². The fourth-order valence-electron chi connectivity index (χ4n) is 2.92. The Morgan fingerprint density at radius 3 is 2.52 bits per heavy atom. The SMILES string of the molecule is CC1(C)C=C(Oc2ccc(-c3ccccc3)nn2)c2cc(C#N)ccc2O1. The quantitative estimate of drug-likeness (QED) is 0.686. The molecule has 132 valence electrons. The van der Waals surface area contributed by atoms with E-state index in [1.807, 2.05) is 56.3 Å². The molecule has 0 spiro atoms. The Balaban J connectivity index is 1.65. The average Bonchev–Trinajstić information content (AvgIpc) is 2.68. The second kappa shape index (κ2) is 6.58. The molecule has 5 nitrogen and oxygen atoms in total. The molecule has 0 radical (unpaired) electrons. The molecule has 27 heavy (non-hydrogen) atoms. The molecule has 0 saturated heterocycles. The van der Waals surface area contributed by atoms with Gasteiger partial charge in [-0.25, -0.2) is 0 Å². The van der Waals surface area contributed by atoms with Gasteiger partial charge in [0.1, 0.15) is 17.1 Å². The number of rotatable bonds is 3. The summed E-state index contributed by atoms with van der Waals surface area (Å²) in [5, 5.41) is 17.6. The van der Waals surface area contributed by atoms with Crippen LogP contribution in [0.2, 0.25) is 0 Å². The van der Waals surface area contributed by atoms with Gasteiger partial charge in [-0.2, -0.15) is 5.26 Å². The smallest absolute Gasteiger partial charge is 0.238 e. The highest BCUT2D eigenvalue weighted by Crippen LogP contribution is 2.37. The third-order valence-electron chi connectivity index (χ3n) is 4.15. The molecule has 0 amide bonds. The summed E-state index contributed by atoms with van der Waals surface area (Å²) >= 11 is 0. The molecule has 1 aliphatic rings. The van der Waals surface area contributed by atoms with Gasteiger partial charge in [-0.1, -0.05) is 30.3 Å². The number of ether oxygens (including phenoxy) is 2. The van der Waals surface area contributed by atoms with Gasteiger partial charge in [-0.3, -0.25) is 0 Å². The van der Waals surface area contributed by atoms with Crippen LogP contribution >= 0.6 is 0 Å². The number of hydrogen-bond acceptors (Lipinski definition) is 5. The minimum atomic E-state index is -0.534. The molecule has 0 unspecified atom stereocenters. The van der Waals surface area contributed by atoms with E-state index in [1.54, 1.807) is 24.3 Å². The van der Waals surface area contributed by atoms with Crippen molar-refractivity contribution < 1.29 is 9.47 Å². The summed E-state index contributed by atoms with van der Waals surface area (Å²) in [5.41, 5.74) is 2.50. The van der Waals surface area contributed by atoms with Crippen molar-refractivity contribution in [3.8, 4) is 29.0 Å². The molecule has 0 bridgehead atoms. The Bertz CT molecular complexity index is 1050. The molecule has 3 aromatic rings. The van der Waals surface area contributed by atoms with Gasteiger partial charge in [-0.05, 0) is 38.1 Å². The summed E-state index contributed by atoms with van der Waals surface area (Å²) in [6, 6.07) is 20.9. The monoisotopic (exact) mass is 355 g/mol. The first-order valence-corrected chi connectivity index (χ1v) is 8.57.